The molecule has 4 heterocycles. The van der Waals surface area contributed by atoms with Gasteiger partial charge in [0.15, 0.2) is 12.0 Å². The number of aliphatic hydroxyl groups excluding tert-OH is 3. The highest BCUT2D eigenvalue weighted by Gasteiger charge is 2.56. The van der Waals surface area contributed by atoms with Crippen LogP contribution in [0.15, 0.2) is 70.4 Å². The summed E-state index contributed by atoms with van der Waals surface area (Å²) in [4.78, 5) is 53.8. The zero-order valence-electron chi connectivity index (χ0n) is 33.7. The number of nitrogens with zero attached hydrogens (tertiary/aromatic N) is 2. The molecular weight excluding hydrogens is 845 g/mol. The van der Waals surface area contributed by atoms with Crippen molar-refractivity contribution in [2.45, 2.75) is 93.0 Å². The Morgan fingerprint density at radius 2 is 1.65 bits per heavy atom. The highest BCUT2D eigenvalue weighted by atomic mass is 19.4. The van der Waals surface area contributed by atoms with E-state index in [4.69, 9.17) is 30.4 Å². The number of aromatic nitrogens is 2. The normalized spacial score (nSPS) is 26.3. The monoisotopic (exact) mass is 896 g/mol. The van der Waals surface area contributed by atoms with Crippen LogP contribution in [0, 0.1) is 0 Å². The predicted octanol–water partition coefficient (Wildman–Crippen LogP) is -1.99. The first-order valence-corrected chi connectivity index (χ1v) is 20.1. The Hall–Kier alpha value is -5.31. The number of nitrogens with two attached hydrogens (primary N) is 2. The molecule has 0 spiro atoms. The minimum atomic E-state index is -4.77. The fourth-order valence-corrected chi connectivity index (χ4v) is 7.53. The molecule has 3 amide bonds. The summed E-state index contributed by atoms with van der Waals surface area (Å²) in [6.07, 6.45) is -13.3. The average molecular weight is 897 g/mol. The average Bonchev–Trinajstić information content (AvgIpc) is 3.70. The molecule has 3 aliphatic heterocycles. The second-order valence-electron chi connectivity index (χ2n) is 15.2. The predicted molar refractivity (Wildman–Crippen MR) is 213 cm³/mol. The van der Waals surface area contributed by atoms with Crippen LogP contribution in [0.4, 0.5) is 23.7 Å². The van der Waals surface area contributed by atoms with Crippen LogP contribution in [-0.4, -0.2) is 143 Å². The van der Waals surface area contributed by atoms with Crippen molar-refractivity contribution in [3.63, 3.8) is 0 Å². The van der Waals surface area contributed by atoms with Gasteiger partial charge in [-0.25, -0.2) is 9.59 Å². The van der Waals surface area contributed by atoms with E-state index < -0.39 is 90.8 Å². The van der Waals surface area contributed by atoms with Gasteiger partial charge in [-0.1, -0.05) is 12.1 Å². The van der Waals surface area contributed by atoms with Gasteiger partial charge in [-0.05, 0) is 54.9 Å². The fraction of sp³-hybridized carbons (Fsp3) is 0.538. The minimum Gasteiger partial charge on any atom is -0.490 e. The van der Waals surface area contributed by atoms with E-state index in [2.05, 4.69) is 25.6 Å². The summed E-state index contributed by atoms with van der Waals surface area (Å²) in [7, 11) is 0. The highest BCUT2D eigenvalue weighted by Crippen LogP contribution is 2.34. The molecular formula is C39H51F3N8O13. The van der Waals surface area contributed by atoms with E-state index in [1.165, 1.54) is 24.3 Å². The van der Waals surface area contributed by atoms with Crippen molar-refractivity contribution in [2.75, 3.05) is 44.2 Å². The first kappa shape index (κ1) is 47.2. The number of carbonyl (C=O) groups excluding carboxylic acids is 2. The maximum Gasteiger partial charge on any atom is 0.573 e. The number of H-pyrrole nitrogens is 1. The number of carbonyl (C=O) groups is 2. The van der Waals surface area contributed by atoms with Gasteiger partial charge in [-0.2, -0.15) is 0 Å². The van der Waals surface area contributed by atoms with Gasteiger partial charge >= 0.3 is 18.1 Å². The summed E-state index contributed by atoms with van der Waals surface area (Å²) < 4.78 is 65.0. The number of aliphatic hydroxyl groups is 4. The van der Waals surface area contributed by atoms with Gasteiger partial charge in [0.25, 0.3) is 5.56 Å². The Bertz CT molecular complexity index is 2110. The Morgan fingerprint density at radius 3 is 2.27 bits per heavy atom. The van der Waals surface area contributed by atoms with Crippen molar-refractivity contribution in [2.24, 2.45) is 11.5 Å². The van der Waals surface area contributed by atoms with E-state index in [0.29, 0.717) is 36.2 Å². The summed E-state index contributed by atoms with van der Waals surface area (Å²) in [5.74, 6) is -0.887. The molecule has 0 aliphatic carbocycles. The van der Waals surface area contributed by atoms with Gasteiger partial charge in [0.1, 0.15) is 60.3 Å². The largest absolute Gasteiger partial charge is 0.573 e. The van der Waals surface area contributed by atoms with Gasteiger partial charge in [0.05, 0.1) is 6.61 Å². The minimum absolute atomic E-state index is 0.0288. The van der Waals surface area contributed by atoms with Crippen LogP contribution in [0.3, 0.4) is 0 Å². The molecule has 9 unspecified atom stereocenters. The number of halogens is 3. The Kier molecular flexibility index (Phi) is 15.3. The molecule has 3 fully saturated rings. The smallest absolute Gasteiger partial charge is 0.490 e. The Labute approximate surface area is 357 Å². The third-order valence-corrected chi connectivity index (χ3v) is 10.9. The van der Waals surface area contributed by atoms with Crippen LogP contribution < -0.4 is 53.0 Å². The number of anilines is 1. The number of urea groups is 1. The number of nitrogens with one attached hydrogen (secondary N) is 4. The zero-order valence-corrected chi connectivity index (χ0v) is 33.7. The van der Waals surface area contributed by atoms with E-state index in [1.807, 2.05) is 29.2 Å². The number of amides is 3. The lowest BCUT2D eigenvalue weighted by Gasteiger charge is -2.35. The number of primary amides is 1. The molecule has 1 aromatic heterocycles. The molecule has 0 radical (unpaired) electrons. The number of rotatable bonds is 18. The van der Waals surface area contributed by atoms with Crippen molar-refractivity contribution in [1.29, 1.82) is 0 Å². The van der Waals surface area contributed by atoms with Crippen LogP contribution in [-0.2, 0) is 31.3 Å². The molecule has 346 valence electrons. The molecule has 21 nitrogen and oxygen atoms in total. The summed E-state index contributed by atoms with van der Waals surface area (Å²) in [5.41, 5.74) is 8.90. The highest BCUT2D eigenvalue weighted by molar-refractivity contribution is 5.80. The van der Waals surface area contributed by atoms with Crippen LogP contribution in [0.5, 0.6) is 11.5 Å². The second-order valence-corrected chi connectivity index (χ2v) is 15.2. The van der Waals surface area contributed by atoms with Crippen molar-refractivity contribution in [3.8, 4) is 11.5 Å². The number of benzene rings is 2. The number of piperidine rings is 1. The lowest BCUT2D eigenvalue weighted by atomic mass is 9.95. The van der Waals surface area contributed by atoms with Gasteiger partial charge in [-0.3, -0.25) is 19.1 Å². The van der Waals surface area contributed by atoms with Crippen LogP contribution in [0.25, 0.3) is 0 Å². The van der Waals surface area contributed by atoms with Crippen molar-refractivity contribution >= 4 is 17.6 Å². The molecule has 0 bridgehead atoms. The third kappa shape index (κ3) is 11.8. The first-order valence-electron chi connectivity index (χ1n) is 20.1. The molecule has 6 rings (SSSR count). The SMILES string of the molecule is NCC1OC(OC(C(NCCCNC(=O)NCc2ccc(N3CCC(Oc4ccc(OC(F)(F)F)cc4)CC3)cc2)C(N)=O)C2OCC(O)(n3ccc(=O)[nH]c3=O)C2O)C(O)C1O. The Morgan fingerprint density at radius 1 is 0.968 bits per heavy atom. The fourth-order valence-electron chi connectivity index (χ4n) is 7.53. The molecule has 0 saturated carbocycles. The number of aromatic amines is 1. The van der Waals surface area contributed by atoms with Crippen LogP contribution in [0.1, 0.15) is 24.8 Å². The van der Waals surface area contributed by atoms with Crippen LogP contribution >= 0.6 is 0 Å². The molecule has 3 saturated heterocycles. The van der Waals surface area contributed by atoms with Gasteiger partial charge < -0.3 is 76.4 Å². The van der Waals surface area contributed by atoms with Crippen molar-refractivity contribution in [3.05, 3.63) is 87.2 Å². The maximum absolute atomic E-state index is 12.9. The number of ether oxygens (including phenoxy) is 5. The summed E-state index contributed by atoms with van der Waals surface area (Å²) in [5, 5.41) is 52.1. The van der Waals surface area contributed by atoms with E-state index in [1.54, 1.807) is 0 Å². The second kappa shape index (κ2) is 20.5. The zero-order chi connectivity index (χ0) is 45.5. The van der Waals surface area contributed by atoms with Crippen molar-refractivity contribution < 1.29 is 66.9 Å². The van der Waals surface area contributed by atoms with Crippen LogP contribution in [0.2, 0.25) is 0 Å². The molecule has 3 aliphatic rings. The molecule has 9 atom stereocenters. The van der Waals surface area contributed by atoms with Gasteiger partial charge in [-0.15, -0.1) is 13.2 Å². The van der Waals surface area contributed by atoms with E-state index >= 15 is 0 Å². The van der Waals surface area contributed by atoms with E-state index in [-0.39, 0.29) is 44.5 Å². The quantitative estimate of drug-likeness (QED) is 0.0619. The van der Waals surface area contributed by atoms with Gasteiger partial charge in [0.2, 0.25) is 5.91 Å². The molecule has 24 heteroatoms. The number of alkyl halides is 3. The van der Waals surface area contributed by atoms with E-state index in [9.17, 15) is 52.8 Å². The summed E-state index contributed by atoms with van der Waals surface area (Å²) >= 11 is 0. The topological polar surface area (TPSA) is 307 Å². The Balaban J connectivity index is 0.960. The lowest BCUT2D eigenvalue weighted by Crippen LogP contribution is -2.61. The standard InChI is InChI=1S/C39H51F3N8O13/c40-39(41,42)63-25-8-6-23(7-9-25)60-24-10-15-49(16-11-24)22-4-2-21(3-5-22)19-47-36(56)46-14-1-13-45-28(34(44)55)31(62-35-30(53)29(52)26(18-43)61-35)32-33(54)38(58,20-59-32)50-17-12-27(51)48-37(50)57/h2-9,12,17,24,26,28-33,35,45,52-54,58H,1,10-11,13-16,18-20,43H2,(H2,44,55)(H2,46,47,56)(H,48,51,57). The first-order chi connectivity index (χ1) is 29.9. The maximum atomic E-state index is 12.9. The van der Waals surface area contributed by atoms with Crippen molar-refractivity contribution in [1.82, 2.24) is 25.5 Å². The lowest BCUT2D eigenvalue weighted by molar-refractivity contribution is -0.274. The molecule has 3 aromatic rings. The van der Waals surface area contributed by atoms with Gasteiger partial charge in [0, 0.05) is 63.5 Å². The summed E-state index contributed by atoms with van der Waals surface area (Å²) in [6, 6.07) is 11.9. The number of hydrogen-bond donors (Lipinski definition) is 10. The molecule has 12 N–H and O–H groups in total. The third-order valence-electron chi connectivity index (χ3n) is 10.9. The summed E-state index contributed by atoms with van der Waals surface area (Å²) in [6.45, 7) is 0.836. The molecule has 2 aromatic carbocycles. The molecule has 63 heavy (non-hydrogen) atoms. The van der Waals surface area contributed by atoms with E-state index in [0.717, 1.165) is 23.5 Å². The number of hydrogen-bond acceptors (Lipinski definition) is 16.